The van der Waals surface area contributed by atoms with Gasteiger partial charge < -0.3 is 20.1 Å². The van der Waals surface area contributed by atoms with Crippen LogP contribution >= 0.6 is 7.82 Å². The highest BCUT2D eigenvalue weighted by Crippen LogP contribution is 2.43. The molecule has 0 rings (SSSR count). The fourth-order valence-electron chi connectivity index (χ4n) is 6.01. The number of hydrogen-bond donors (Lipinski definition) is 2. The standard InChI is InChI=1S/C41H78NO8P/c1-3-5-7-9-11-13-15-17-19-21-23-25-27-29-31-33-40(43)47-37-39(38-49-51(45,46)48-36-35-42)50-41(44)34-32-30-28-26-24-22-20-18-16-14-12-10-8-6-4-2/h3-4,39H,1-2,5-38,42H2,(H,45,46)/t39-/m1/s1. The molecule has 0 bridgehead atoms. The molecule has 10 heteroatoms. The largest absolute Gasteiger partial charge is 0.472 e. The lowest BCUT2D eigenvalue weighted by Crippen LogP contribution is -2.29. The van der Waals surface area contributed by atoms with Crippen LogP contribution in [0, 0.1) is 0 Å². The Morgan fingerprint density at radius 2 is 0.902 bits per heavy atom. The quantitative estimate of drug-likeness (QED) is 0.0271. The Bertz CT molecular complexity index is 871. The molecule has 0 radical (unpaired) electrons. The van der Waals surface area contributed by atoms with Crippen LogP contribution in [-0.2, 0) is 32.7 Å². The van der Waals surface area contributed by atoms with E-state index in [2.05, 4.69) is 13.2 Å². The number of carbonyl (C=O) groups excluding carboxylic acids is 2. The van der Waals surface area contributed by atoms with Gasteiger partial charge in [0.15, 0.2) is 6.10 Å². The van der Waals surface area contributed by atoms with Gasteiger partial charge in [-0.25, -0.2) is 4.57 Å². The third-order valence-electron chi connectivity index (χ3n) is 9.10. The summed E-state index contributed by atoms with van der Waals surface area (Å²) in [6, 6.07) is 0. The number of allylic oxidation sites excluding steroid dienone is 2. The molecular weight excluding hydrogens is 665 g/mol. The molecule has 9 nitrogen and oxygen atoms in total. The average molecular weight is 744 g/mol. The second kappa shape index (κ2) is 38.2. The van der Waals surface area contributed by atoms with Crippen LogP contribution in [0.5, 0.6) is 0 Å². The third kappa shape index (κ3) is 38.0. The Morgan fingerprint density at radius 3 is 1.27 bits per heavy atom. The Kier molecular flexibility index (Phi) is 37.1. The van der Waals surface area contributed by atoms with Crippen LogP contribution in [0.15, 0.2) is 25.3 Å². The molecule has 0 spiro atoms. The van der Waals surface area contributed by atoms with E-state index in [9.17, 15) is 19.0 Å². The second-order valence-corrected chi connectivity index (χ2v) is 15.5. The summed E-state index contributed by atoms with van der Waals surface area (Å²) in [4.78, 5) is 34.8. The van der Waals surface area contributed by atoms with Crippen molar-refractivity contribution < 1.29 is 37.6 Å². The molecule has 0 aliphatic carbocycles. The van der Waals surface area contributed by atoms with Crippen LogP contribution in [0.4, 0.5) is 0 Å². The van der Waals surface area contributed by atoms with Crippen molar-refractivity contribution in [2.24, 2.45) is 5.73 Å². The van der Waals surface area contributed by atoms with Crippen molar-refractivity contribution in [3.05, 3.63) is 25.3 Å². The average Bonchev–Trinajstić information content (AvgIpc) is 3.11. The van der Waals surface area contributed by atoms with E-state index in [0.29, 0.717) is 6.42 Å². The molecule has 0 aromatic heterocycles. The van der Waals surface area contributed by atoms with E-state index in [4.69, 9.17) is 24.3 Å². The Balaban J connectivity index is 4.12. The lowest BCUT2D eigenvalue weighted by Gasteiger charge is -2.19. The van der Waals surface area contributed by atoms with E-state index in [0.717, 1.165) is 51.4 Å². The van der Waals surface area contributed by atoms with Crippen molar-refractivity contribution in [3.8, 4) is 0 Å². The Labute approximate surface area is 312 Å². The molecule has 0 fully saturated rings. The maximum absolute atomic E-state index is 12.6. The molecule has 0 saturated heterocycles. The molecular formula is C41H78NO8P. The maximum atomic E-state index is 12.6. The summed E-state index contributed by atoms with van der Waals surface area (Å²) < 4.78 is 32.7. The summed E-state index contributed by atoms with van der Waals surface area (Å²) in [5, 5.41) is 0. The first kappa shape index (κ1) is 49.5. The summed E-state index contributed by atoms with van der Waals surface area (Å²) in [5.74, 6) is -0.828. The number of nitrogens with two attached hydrogens (primary N) is 1. The Hall–Kier alpha value is -1.51. The van der Waals surface area contributed by atoms with Crippen LogP contribution in [-0.4, -0.2) is 49.3 Å². The van der Waals surface area contributed by atoms with Crippen molar-refractivity contribution in [1.29, 1.82) is 0 Å². The zero-order chi connectivity index (χ0) is 37.5. The molecule has 0 aliphatic heterocycles. The normalized spacial score (nSPS) is 13.1. The van der Waals surface area contributed by atoms with E-state index >= 15 is 0 Å². The molecule has 2 atom stereocenters. The lowest BCUT2D eigenvalue weighted by atomic mass is 10.0. The summed E-state index contributed by atoms with van der Waals surface area (Å²) in [6.45, 7) is 6.77. The number of rotatable bonds is 41. The zero-order valence-corrected chi connectivity index (χ0v) is 33.4. The molecule has 300 valence electrons. The number of unbranched alkanes of at least 4 members (excludes halogenated alkanes) is 26. The molecule has 0 aromatic rings. The minimum Gasteiger partial charge on any atom is -0.462 e. The van der Waals surface area contributed by atoms with Gasteiger partial charge in [-0.1, -0.05) is 153 Å². The van der Waals surface area contributed by atoms with Crippen LogP contribution in [0.2, 0.25) is 0 Å². The fraction of sp³-hybridized carbons (Fsp3) is 0.854. The number of hydrogen-bond acceptors (Lipinski definition) is 8. The predicted octanol–water partition coefficient (Wildman–Crippen LogP) is 11.6. The fourth-order valence-corrected chi connectivity index (χ4v) is 6.77. The monoisotopic (exact) mass is 744 g/mol. The number of phosphoric ester groups is 1. The van der Waals surface area contributed by atoms with Crippen molar-refractivity contribution in [2.45, 2.75) is 199 Å². The van der Waals surface area contributed by atoms with Crippen molar-refractivity contribution in [3.63, 3.8) is 0 Å². The molecule has 0 aromatic carbocycles. The summed E-state index contributed by atoms with van der Waals surface area (Å²) >= 11 is 0. The van der Waals surface area contributed by atoms with Crippen molar-refractivity contribution >= 4 is 19.8 Å². The molecule has 0 heterocycles. The summed E-state index contributed by atoms with van der Waals surface area (Å²) in [5.41, 5.74) is 5.34. The van der Waals surface area contributed by atoms with Gasteiger partial charge >= 0.3 is 19.8 Å². The number of phosphoric acid groups is 1. The maximum Gasteiger partial charge on any atom is 0.472 e. The smallest absolute Gasteiger partial charge is 0.462 e. The van der Waals surface area contributed by atoms with Crippen LogP contribution in [0.25, 0.3) is 0 Å². The van der Waals surface area contributed by atoms with Gasteiger partial charge in [-0.2, -0.15) is 0 Å². The molecule has 3 N–H and O–H groups in total. The van der Waals surface area contributed by atoms with Crippen molar-refractivity contribution in [1.82, 2.24) is 0 Å². The number of carbonyl (C=O) groups is 2. The highest BCUT2D eigenvalue weighted by Gasteiger charge is 2.26. The first-order valence-electron chi connectivity index (χ1n) is 20.7. The topological polar surface area (TPSA) is 134 Å². The minimum atomic E-state index is -4.37. The highest BCUT2D eigenvalue weighted by molar-refractivity contribution is 7.47. The van der Waals surface area contributed by atoms with Gasteiger partial charge in [0.25, 0.3) is 0 Å². The van der Waals surface area contributed by atoms with E-state index in [1.54, 1.807) is 0 Å². The summed E-state index contributed by atoms with van der Waals surface area (Å²) in [7, 11) is -4.37. The second-order valence-electron chi connectivity index (χ2n) is 14.0. The highest BCUT2D eigenvalue weighted by atomic mass is 31.2. The molecule has 51 heavy (non-hydrogen) atoms. The van der Waals surface area contributed by atoms with E-state index in [1.165, 1.54) is 122 Å². The summed E-state index contributed by atoms with van der Waals surface area (Å²) in [6.07, 6.45) is 37.0. The van der Waals surface area contributed by atoms with Gasteiger partial charge in [0.1, 0.15) is 6.61 Å². The molecule has 1 unspecified atom stereocenters. The SMILES string of the molecule is C=CCCCCCCCCCCCCCCCC(=O)OC[C@H](COP(=O)(O)OCCN)OC(=O)CCCCCCCCCCCCCCCC=C. The minimum absolute atomic E-state index is 0.0536. The van der Waals surface area contributed by atoms with E-state index < -0.39 is 26.5 Å². The molecule has 0 amide bonds. The van der Waals surface area contributed by atoms with Crippen LogP contribution in [0.3, 0.4) is 0 Å². The Morgan fingerprint density at radius 1 is 0.549 bits per heavy atom. The zero-order valence-electron chi connectivity index (χ0n) is 32.5. The van der Waals surface area contributed by atoms with Crippen molar-refractivity contribution in [2.75, 3.05) is 26.4 Å². The van der Waals surface area contributed by atoms with Gasteiger partial charge in [0.2, 0.25) is 0 Å². The van der Waals surface area contributed by atoms with Gasteiger partial charge in [0, 0.05) is 19.4 Å². The molecule has 0 saturated carbocycles. The first-order chi connectivity index (χ1) is 24.8. The third-order valence-corrected chi connectivity index (χ3v) is 10.1. The van der Waals surface area contributed by atoms with E-state index in [-0.39, 0.29) is 38.6 Å². The van der Waals surface area contributed by atoms with Gasteiger partial charge in [-0.15, -0.1) is 13.2 Å². The number of esters is 2. The van der Waals surface area contributed by atoms with E-state index in [1.807, 2.05) is 12.2 Å². The van der Waals surface area contributed by atoms with Gasteiger partial charge in [-0.3, -0.25) is 18.6 Å². The van der Waals surface area contributed by atoms with Gasteiger partial charge in [-0.05, 0) is 38.5 Å². The molecule has 0 aliphatic rings. The number of ether oxygens (including phenoxy) is 2. The van der Waals surface area contributed by atoms with Crippen LogP contribution in [0.1, 0.15) is 193 Å². The van der Waals surface area contributed by atoms with Gasteiger partial charge in [0.05, 0.1) is 13.2 Å². The lowest BCUT2D eigenvalue weighted by molar-refractivity contribution is -0.161. The van der Waals surface area contributed by atoms with Crippen LogP contribution < -0.4 is 5.73 Å². The first-order valence-corrected chi connectivity index (χ1v) is 22.2. The predicted molar refractivity (Wildman–Crippen MR) is 211 cm³/mol.